The number of hydrogen-bond donors (Lipinski definition) is 2. The van der Waals surface area contributed by atoms with E-state index < -0.39 is 0 Å². The first-order valence-corrected chi connectivity index (χ1v) is 8.38. The van der Waals surface area contributed by atoms with Crippen LogP contribution in [0.4, 0.5) is 0 Å². The molecule has 0 amide bonds. The Kier molecular flexibility index (Phi) is 4.23. The van der Waals surface area contributed by atoms with E-state index in [0.717, 1.165) is 33.0 Å². The highest BCUT2D eigenvalue weighted by molar-refractivity contribution is 5.85. The molecule has 0 aliphatic carbocycles. The molecule has 0 saturated heterocycles. The molecule has 0 aromatic heterocycles. The van der Waals surface area contributed by atoms with Crippen LogP contribution in [0.3, 0.4) is 0 Å². The summed E-state index contributed by atoms with van der Waals surface area (Å²) in [6.45, 7) is 0.810. The quantitative estimate of drug-likeness (QED) is 0.507. The van der Waals surface area contributed by atoms with E-state index in [-0.39, 0.29) is 11.5 Å². The lowest BCUT2D eigenvalue weighted by atomic mass is 10.1. The van der Waals surface area contributed by atoms with Crippen LogP contribution < -0.4 is 9.47 Å². The fraction of sp³-hybridized carbons (Fsp3) is 0.0909. The van der Waals surface area contributed by atoms with Gasteiger partial charge in [0.2, 0.25) is 0 Å². The molecule has 26 heavy (non-hydrogen) atoms. The summed E-state index contributed by atoms with van der Waals surface area (Å²) in [5.41, 5.74) is 0. The van der Waals surface area contributed by atoms with E-state index in [1.54, 1.807) is 24.3 Å². The average molecular weight is 346 g/mol. The minimum atomic E-state index is 0.236. The molecule has 4 aromatic rings. The predicted molar refractivity (Wildman–Crippen MR) is 102 cm³/mol. The maximum atomic E-state index is 9.58. The molecule has 0 aliphatic heterocycles. The molecule has 0 atom stereocenters. The molecule has 0 saturated carbocycles. The van der Waals surface area contributed by atoms with Crippen molar-refractivity contribution in [3.05, 3.63) is 72.8 Å². The van der Waals surface area contributed by atoms with Gasteiger partial charge in [-0.15, -0.1) is 0 Å². The van der Waals surface area contributed by atoms with Crippen LogP contribution in [-0.2, 0) is 0 Å². The van der Waals surface area contributed by atoms with E-state index in [4.69, 9.17) is 9.47 Å². The Hall–Kier alpha value is -3.40. The van der Waals surface area contributed by atoms with Gasteiger partial charge in [0, 0.05) is 0 Å². The summed E-state index contributed by atoms with van der Waals surface area (Å²) in [6.07, 6.45) is 0. The third-order valence-electron chi connectivity index (χ3n) is 4.21. The van der Waals surface area contributed by atoms with Crippen molar-refractivity contribution in [3.8, 4) is 23.0 Å². The van der Waals surface area contributed by atoms with Crippen molar-refractivity contribution in [2.75, 3.05) is 13.2 Å². The Morgan fingerprint density at radius 3 is 1.38 bits per heavy atom. The third kappa shape index (κ3) is 3.49. The molecule has 0 fully saturated rings. The van der Waals surface area contributed by atoms with Crippen LogP contribution in [0.1, 0.15) is 0 Å². The highest BCUT2D eigenvalue weighted by Crippen LogP contribution is 2.25. The van der Waals surface area contributed by atoms with E-state index in [1.165, 1.54) is 0 Å². The van der Waals surface area contributed by atoms with Crippen molar-refractivity contribution in [3.63, 3.8) is 0 Å². The number of ether oxygens (including phenoxy) is 2. The molecule has 4 nitrogen and oxygen atoms in total. The van der Waals surface area contributed by atoms with Crippen LogP contribution in [0, 0.1) is 0 Å². The topological polar surface area (TPSA) is 58.9 Å². The average Bonchev–Trinajstić information content (AvgIpc) is 2.64. The van der Waals surface area contributed by atoms with E-state index in [0.29, 0.717) is 13.2 Å². The molecule has 0 bridgehead atoms. The minimum Gasteiger partial charge on any atom is -0.508 e. The zero-order chi connectivity index (χ0) is 17.9. The molecule has 0 spiro atoms. The van der Waals surface area contributed by atoms with Crippen LogP contribution in [0.5, 0.6) is 23.0 Å². The van der Waals surface area contributed by atoms with Gasteiger partial charge in [0.1, 0.15) is 36.2 Å². The van der Waals surface area contributed by atoms with Gasteiger partial charge in [-0.05, 0) is 70.1 Å². The van der Waals surface area contributed by atoms with Gasteiger partial charge in [-0.3, -0.25) is 0 Å². The summed E-state index contributed by atoms with van der Waals surface area (Å²) in [4.78, 5) is 0. The highest BCUT2D eigenvalue weighted by Gasteiger charge is 2.01. The van der Waals surface area contributed by atoms with Crippen molar-refractivity contribution in [1.29, 1.82) is 0 Å². The first-order chi connectivity index (χ1) is 12.7. The molecular formula is C22H18O4. The third-order valence-corrected chi connectivity index (χ3v) is 4.21. The normalized spacial score (nSPS) is 10.9. The second kappa shape index (κ2) is 6.84. The number of benzene rings is 4. The lowest BCUT2D eigenvalue weighted by Crippen LogP contribution is -2.08. The van der Waals surface area contributed by atoms with Crippen LogP contribution in [0.15, 0.2) is 72.8 Å². The first kappa shape index (κ1) is 16.1. The largest absolute Gasteiger partial charge is 0.508 e. The second-order valence-electron chi connectivity index (χ2n) is 6.08. The fourth-order valence-electron chi connectivity index (χ4n) is 2.92. The number of rotatable bonds is 5. The summed E-state index contributed by atoms with van der Waals surface area (Å²) in [6, 6.07) is 22.0. The molecule has 2 N–H and O–H groups in total. The highest BCUT2D eigenvalue weighted by atomic mass is 16.5. The lowest BCUT2D eigenvalue weighted by molar-refractivity contribution is 0.217. The zero-order valence-electron chi connectivity index (χ0n) is 14.1. The van der Waals surface area contributed by atoms with E-state index in [1.807, 2.05) is 48.5 Å². The number of fused-ring (bicyclic) bond motifs is 2. The summed E-state index contributed by atoms with van der Waals surface area (Å²) < 4.78 is 11.5. The van der Waals surface area contributed by atoms with Crippen LogP contribution >= 0.6 is 0 Å². The summed E-state index contributed by atoms with van der Waals surface area (Å²) >= 11 is 0. The minimum absolute atomic E-state index is 0.236. The van der Waals surface area contributed by atoms with Gasteiger partial charge in [-0.2, -0.15) is 0 Å². The summed E-state index contributed by atoms with van der Waals surface area (Å²) in [7, 11) is 0. The molecule has 4 rings (SSSR count). The summed E-state index contributed by atoms with van der Waals surface area (Å²) in [5.74, 6) is 1.94. The lowest BCUT2D eigenvalue weighted by Gasteiger charge is -2.10. The van der Waals surface area contributed by atoms with Crippen LogP contribution in [0.2, 0.25) is 0 Å². The van der Waals surface area contributed by atoms with Gasteiger partial charge in [-0.1, -0.05) is 24.3 Å². The van der Waals surface area contributed by atoms with Crippen LogP contribution in [-0.4, -0.2) is 23.4 Å². The van der Waals surface area contributed by atoms with Gasteiger partial charge < -0.3 is 19.7 Å². The molecule has 4 aromatic carbocycles. The maximum Gasteiger partial charge on any atom is 0.122 e. The molecule has 4 heteroatoms. The monoisotopic (exact) mass is 346 g/mol. The fourth-order valence-corrected chi connectivity index (χ4v) is 2.92. The van der Waals surface area contributed by atoms with E-state index in [2.05, 4.69) is 0 Å². The van der Waals surface area contributed by atoms with Crippen molar-refractivity contribution < 1.29 is 19.7 Å². The van der Waals surface area contributed by atoms with Gasteiger partial charge in [0.05, 0.1) is 0 Å². The Bertz CT molecular complexity index is 985. The smallest absolute Gasteiger partial charge is 0.122 e. The van der Waals surface area contributed by atoms with Crippen LogP contribution in [0.25, 0.3) is 21.5 Å². The molecule has 0 aliphatic rings. The van der Waals surface area contributed by atoms with Gasteiger partial charge >= 0.3 is 0 Å². The second-order valence-corrected chi connectivity index (χ2v) is 6.08. The van der Waals surface area contributed by atoms with Crippen molar-refractivity contribution in [2.45, 2.75) is 0 Å². The number of hydrogen-bond acceptors (Lipinski definition) is 4. The number of phenolic OH excluding ortho intramolecular Hbond substituents is 2. The molecule has 0 unspecified atom stereocenters. The maximum absolute atomic E-state index is 9.58. The number of phenols is 2. The molecule has 0 radical (unpaired) electrons. The Morgan fingerprint density at radius 1 is 0.500 bits per heavy atom. The molecule has 0 heterocycles. The Balaban J connectivity index is 1.37. The predicted octanol–water partition coefficient (Wildman–Crippen LogP) is 4.86. The van der Waals surface area contributed by atoms with Gasteiger partial charge in [0.15, 0.2) is 0 Å². The SMILES string of the molecule is Oc1ccc2ccc(OCCOc3ccc4ccc(O)cc4c3)cc2c1. The van der Waals surface area contributed by atoms with Crippen molar-refractivity contribution in [1.82, 2.24) is 0 Å². The Labute approximate surface area is 150 Å². The molecule has 130 valence electrons. The van der Waals surface area contributed by atoms with Gasteiger partial charge in [0.25, 0.3) is 0 Å². The summed E-state index contributed by atoms with van der Waals surface area (Å²) in [5, 5.41) is 23.1. The molecular weight excluding hydrogens is 328 g/mol. The standard InChI is InChI=1S/C22H18O4/c23-19-5-1-15-3-7-21(13-17(15)11-19)25-9-10-26-22-8-4-16-2-6-20(24)12-18(16)14-22/h1-8,11-14,23-24H,9-10H2. The van der Waals surface area contributed by atoms with E-state index in [9.17, 15) is 10.2 Å². The van der Waals surface area contributed by atoms with Crippen molar-refractivity contribution >= 4 is 21.5 Å². The zero-order valence-corrected chi connectivity index (χ0v) is 14.1. The number of aromatic hydroxyl groups is 2. The first-order valence-electron chi connectivity index (χ1n) is 8.38. The Morgan fingerprint density at radius 2 is 0.923 bits per heavy atom. The van der Waals surface area contributed by atoms with E-state index >= 15 is 0 Å². The van der Waals surface area contributed by atoms with Gasteiger partial charge in [-0.25, -0.2) is 0 Å². The van der Waals surface area contributed by atoms with Crippen molar-refractivity contribution in [2.24, 2.45) is 0 Å².